The standard InChI is InChI=1S/C34H55N3O6/c1-15-42-30(40)23(4)21-25(22(2)3)36(13)29(39)26(32(5,6)7)35-28(38)27(37(14)31(41)43-33(8,9)10)34(11,12)24-19-17-16-18-20-24/h16-22,25-27H,15H2,1-14H3,(H,35,38)/t25?,26-,27-/m1/s1. The molecule has 1 aromatic rings. The summed E-state index contributed by atoms with van der Waals surface area (Å²) in [6.45, 7) is 22.3. The Morgan fingerprint density at radius 2 is 1.44 bits per heavy atom. The maximum atomic E-state index is 14.3. The van der Waals surface area contributed by atoms with Crippen molar-refractivity contribution in [1.82, 2.24) is 15.1 Å². The third kappa shape index (κ3) is 10.4. The van der Waals surface area contributed by atoms with Crippen molar-refractivity contribution in [2.24, 2.45) is 11.3 Å². The molecular weight excluding hydrogens is 546 g/mol. The summed E-state index contributed by atoms with van der Waals surface area (Å²) in [4.78, 5) is 56.9. The van der Waals surface area contributed by atoms with Crippen LogP contribution < -0.4 is 5.32 Å². The average molecular weight is 602 g/mol. The van der Waals surface area contributed by atoms with Crippen LogP contribution in [0.3, 0.4) is 0 Å². The highest BCUT2D eigenvalue weighted by atomic mass is 16.6. The molecular formula is C34H55N3O6. The first-order chi connectivity index (χ1) is 19.6. The molecule has 0 saturated carbocycles. The van der Waals surface area contributed by atoms with Crippen molar-refractivity contribution in [3.8, 4) is 0 Å². The van der Waals surface area contributed by atoms with E-state index in [-0.39, 0.29) is 18.4 Å². The Bertz CT molecular complexity index is 1140. The van der Waals surface area contributed by atoms with E-state index in [1.807, 2.05) is 78.8 Å². The molecule has 0 aliphatic rings. The van der Waals surface area contributed by atoms with Crippen molar-refractivity contribution in [2.45, 2.75) is 112 Å². The molecule has 1 unspecified atom stereocenters. The van der Waals surface area contributed by atoms with Crippen molar-refractivity contribution in [2.75, 3.05) is 20.7 Å². The molecule has 0 saturated heterocycles. The van der Waals surface area contributed by atoms with Crippen molar-refractivity contribution in [3.63, 3.8) is 0 Å². The molecule has 9 heteroatoms. The second kappa shape index (κ2) is 14.9. The summed E-state index contributed by atoms with van der Waals surface area (Å²) in [6.07, 6.45) is 1.09. The monoisotopic (exact) mass is 601 g/mol. The third-order valence-corrected chi connectivity index (χ3v) is 7.41. The molecule has 9 nitrogen and oxygen atoms in total. The van der Waals surface area contributed by atoms with Gasteiger partial charge >= 0.3 is 12.1 Å². The highest BCUT2D eigenvalue weighted by molar-refractivity contribution is 5.93. The van der Waals surface area contributed by atoms with E-state index in [4.69, 9.17) is 9.47 Å². The van der Waals surface area contributed by atoms with Gasteiger partial charge < -0.3 is 19.7 Å². The van der Waals surface area contributed by atoms with Crippen molar-refractivity contribution in [3.05, 3.63) is 47.5 Å². The maximum Gasteiger partial charge on any atom is 0.410 e. The SMILES string of the molecule is CCOC(=O)C(C)=CC(C(C)C)N(C)C(=O)[C@@H](NC(=O)[C@@H](N(C)C(=O)OC(C)(C)C)C(C)(C)c1ccccc1)C(C)(C)C. The number of hydrogen-bond acceptors (Lipinski definition) is 6. The first-order valence-electron chi connectivity index (χ1n) is 15.0. The third-order valence-electron chi connectivity index (χ3n) is 7.41. The molecule has 1 aromatic carbocycles. The van der Waals surface area contributed by atoms with E-state index in [1.165, 1.54) is 4.90 Å². The normalized spacial score (nSPS) is 14.8. The van der Waals surface area contributed by atoms with Crippen LogP contribution in [0.15, 0.2) is 42.0 Å². The number of rotatable bonds is 11. The van der Waals surface area contributed by atoms with Crippen LogP contribution in [0.25, 0.3) is 0 Å². The summed E-state index contributed by atoms with van der Waals surface area (Å²) >= 11 is 0. The Morgan fingerprint density at radius 3 is 1.88 bits per heavy atom. The molecule has 0 spiro atoms. The van der Waals surface area contributed by atoms with Gasteiger partial charge in [0.2, 0.25) is 11.8 Å². The quantitative estimate of drug-likeness (QED) is 0.257. The van der Waals surface area contributed by atoms with Gasteiger partial charge in [-0.1, -0.05) is 84.9 Å². The molecule has 3 atom stereocenters. The van der Waals surface area contributed by atoms with Crippen LogP contribution in [0.5, 0.6) is 0 Å². The van der Waals surface area contributed by atoms with Crippen LogP contribution in [-0.2, 0) is 29.3 Å². The van der Waals surface area contributed by atoms with Crippen molar-refractivity contribution >= 4 is 23.9 Å². The summed E-state index contributed by atoms with van der Waals surface area (Å²) in [5.41, 5.74) is -1.06. The van der Waals surface area contributed by atoms with Gasteiger partial charge in [0.25, 0.3) is 0 Å². The lowest BCUT2D eigenvalue weighted by Gasteiger charge is -2.42. The molecule has 0 aromatic heterocycles. The van der Waals surface area contributed by atoms with Gasteiger partial charge in [-0.2, -0.15) is 0 Å². The lowest BCUT2D eigenvalue weighted by atomic mass is 9.76. The number of amides is 3. The Kier molecular flexibility index (Phi) is 13.0. The van der Waals surface area contributed by atoms with Crippen LogP contribution in [-0.4, -0.2) is 78.1 Å². The predicted octanol–water partition coefficient (Wildman–Crippen LogP) is 5.72. The summed E-state index contributed by atoms with van der Waals surface area (Å²) in [5, 5.41) is 3.01. The number of nitrogens with zero attached hydrogens (tertiary/aromatic N) is 2. The van der Waals surface area contributed by atoms with E-state index >= 15 is 0 Å². The fraction of sp³-hybridized carbons (Fsp3) is 0.647. The minimum atomic E-state index is -1.01. The van der Waals surface area contributed by atoms with E-state index < -0.39 is 52.5 Å². The Hall–Kier alpha value is -3.36. The number of hydrogen-bond donors (Lipinski definition) is 1. The second-order valence-electron chi connectivity index (χ2n) is 14.1. The van der Waals surface area contributed by atoms with Crippen LogP contribution in [0.1, 0.15) is 88.6 Å². The smallest absolute Gasteiger partial charge is 0.410 e. The second-order valence-corrected chi connectivity index (χ2v) is 14.1. The Labute approximate surface area is 259 Å². The van der Waals surface area contributed by atoms with Crippen LogP contribution in [0.4, 0.5) is 4.79 Å². The van der Waals surface area contributed by atoms with Gasteiger partial charge in [0.05, 0.1) is 12.6 Å². The number of carbonyl (C=O) groups excluding carboxylic acids is 4. The largest absolute Gasteiger partial charge is 0.463 e. The molecule has 0 aliphatic heterocycles. The van der Waals surface area contributed by atoms with Crippen LogP contribution >= 0.6 is 0 Å². The van der Waals surface area contributed by atoms with E-state index in [1.54, 1.807) is 59.7 Å². The van der Waals surface area contributed by atoms with E-state index in [9.17, 15) is 19.2 Å². The van der Waals surface area contributed by atoms with Gasteiger partial charge in [0.1, 0.15) is 17.7 Å². The lowest BCUT2D eigenvalue weighted by molar-refractivity contribution is -0.142. The maximum absolute atomic E-state index is 14.3. The molecule has 242 valence electrons. The lowest BCUT2D eigenvalue weighted by Crippen LogP contribution is -2.63. The number of ether oxygens (including phenoxy) is 2. The van der Waals surface area contributed by atoms with Gasteiger partial charge in [-0.05, 0) is 51.5 Å². The number of carbonyl (C=O) groups is 4. The van der Waals surface area contributed by atoms with Crippen LogP contribution in [0, 0.1) is 11.3 Å². The topological polar surface area (TPSA) is 105 Å². The highest BCUT2D eigenvalue weighted by Crippen LogP contribution is 2.32. The zero-order valence-electron chi connectivity index (χ0n) is 28.8. The first-order valence-corrected chi connectivity index (χ1v) is 15.0. The van der Waals surface area contributed by atoms with Gasteiger partial charge in [-0.15, -0.1) is 0 Å². The zero-order chi connectivity index (χ0) is 33.5. The first kappa shape index (κ1) is 37.7. The molecule has 43 heavy (non-hydrogen) atoms. The predicted molar refractivity (Wildman–Crippen MR) is 170 cm³/mol. The number of benzene rings is 1. The van der Waals surface area contributed by atoms with Crippen LogP contribution in [0.2, 0.25) is 0 Å². The Morgan fingerprint density at radius 1 is 0.907 bits per heavy atom. The molecule has 3 amide bonds. The van der Waals surface area contributed by atoms with Crippen molar-refractivity contribution < 1.29 is 28.7 Å². The summed E-state index contributed by atoms with van der Waals surface area (Å²) in [5.74, 6) is -1.27. The highest BCUT2D eigenvalue weighted by Gasteiger charge is 2.45. The molecule has 0 heterocycles. The number of esters is 1. The molecule has 0 bridgehead atoms. The molecule has 1 N–H and O–H groups in total. The molecule has 0 fully saturated rings. The van der Waals surface area contributed by atoms with Gasteiger partial charge in [0.15, 0.2) is 0 Å². The van der Waals surface area contributed by atoms with Gasteiger partial charge in [-0.3, -0.25) is 14.5 Å². The van der Waals surface area contributed by atoms with E-state index in [0.717, 1.165) is 5.56 Å². The summed E-state index contributed by atoms with van der Waals surface area (Å²) < 4.78 is 10.8. The van der Waals surface area contributed by atoms with E-state index in [2.05, 4.69) is 5.32 Å². The van der Waals surface area contributed by atoms with Gasteiger partial charge in [0, 0.05) is 25.1 Å². The summed E-state index contributed by atoms with van der Waals surface area (Å²) in [7, 11) is 3.21. The fourth-order valence-corrected chi connectivity index (χ4v) is 4.99. The zero-order valence-corrected chi connectivity index (χ0v) is 28.8. The minimum Gasteiger partial charge on any atom is -0.463 e. The average Bonchev–Trinajstić information content (AvgIpc) is 2.88. The Balaban J connectivity index is 3.58. The molecule has 0 aliphatic carbocycles. The number of nitrogens with one attached hydrogen (secondary N) is 1. The molecule has 1 rings (SSSR count). The fourth-order valence-electron chi connectivity index (χ4n) is 4.99. The minimum absolute atomic E-state index is 0.0299. The summed E-state index contributed by atoms with van der Waals surface area (Å²) in [6, 6.07) is 7.09. The van der Waals surface area contributed by atoms with Crippen molar-refractivity contribution in [1.29, 1.82) is 0 Å². The van der Waals surface area contributed by atoms with Gasteiger partial charge in [-0.25, -0.2) is 9.59 Å². The van der Waals surface area contributed by atoms with E-state index in [0.29, 0.717) is 5.57 Å². The molecule has 0 radical (unpaired) electrons. The number of likely N-dealkylation sites (N-methyl/N-ethyl adjacent to an activating group) is 2.